The Hall–Kier alpha value is -1.58. The molecule has 1 amide bonds. The second-order valence-electron chi connectivity index (χ2n) is 5.92. The molecular formula is C16H25N3O. The van der Waals surface area contributed by atoms with Gasteiger partial charge in [-0.3, -0.25) is 9.48 Å². The highest BCUT2D eigenvalue weighted by Gasteiger charge is 2.21. The van der Waals surface area contributed by atoms with Crippen LogP contribution in [0.4, 0.5) is 0 Å². The fraction of sp³-hybridized carbons (Fsp3) is 0.625. The van der Waals surface area contributed by atoms with Crippen LogP contribution < -0.4 is 5.32 Å². The van der Waals surface area contributed by atoms with E-state index >= 15 is 0 Å². The van der Waals surface area contributed by atoms with Crippen LogP contribution in [0, 0.1) is 19.8 Å². The molecule has 1 heterocycles. The minimum atomic E-state index is 0.00593. The summed E-state index contributed by atoms with van der Waals surface area (Å²) in [5.74, 6) is 0.592. The molecule has 0 aromatic carbocycles. The van der Waals surface area contributed by atoms with Crippen LogP contribution in [-0.4, -0.2) is 21.7 Å². The van der Waals surface area contributed by atoms with Crippen LogP contribution in [-0.2, 0) is 11.8 Å². The lowest BCUT2D eigenvalue weighted by molar-refractivity contribution is -0.117. The molecule has 1 N–H and O–H groups in total. The molecule has 4 heteroatoms. The van der Waals surface area contributed by atoms with Gasteiger partial charge in [0.05, 0.1) is 5.69 Å². The number of aromatic nitrogens is 2. The summed E-state index contributed by atoms with van der Waals surface area (Å²) in [5.41, 5.74) is 3.08. The molecule has 2 atom stereocenters. The van der Waals surface area contributed by atoms with Gasteiger partial charge in [0.15, 0.2) is 0 Å². The summed E-state index contributed by atoms with van der Waals surface area (Å²) in [5, 5.41) is 7.48. The lowest BCUT2D eigenvalue weighted by Gasteiger charge is -2.29. The van der Waals surface area contributed by atoms with E-state index in [1.807, 2.05) is 31.7 Å². The Kier molecular flexibility index (Phi) is 4.63. The van der Waals surface area contributed by atoms with E-state index in [0.717, 1.165) is 23.4 Å². The fourth-order valence-electron chi connectivity index (χ4n) is 2.95. The molecule has 1 aliphatic rings. The third-order valence-electron chi connectivity index (χ3n) is 4.41. The van der Waals surface area contributed by atoms with Gasteiger partial charge in [-0.1, -0.05) is 19.8 Å². The molecule has 0 bridgehead atoms. The zero-order chi connectivity index (χ0) is 14.7. The molecule has 0 saturated heterocycles. The summed E-state index contributed by atoms with van der Waals surface area (Å²) in [4.78, 5) is 12.0. The molecule has 4 nitrogen and oxygen atoms in total. The number of hydrogen-bond acceptors (Lipinski definition) is 2. The molecule has 0 spiro atoms. The Balaban J connectivity index is 1.98. The number of carbonyl (C=O) groups is 1. The second-order valence-corrected chi connectivity index (χ2v) is 5.92. The van der Waals surface area contributed by atoms with Gasteiger partial charge in [0.2, 0.25) is 5.91 Å². The van der Waals surface area contributed by atoms with E-state index < -0.39 is 0 Å². The van der Waals surface area contributed by atoms with Crippen molar-refractivity contribution in [3.63, 3.8) is 0 Å². The van der Waals surface area contributed by atoms with Crippen LogP contribution in [0.25, 0.3) is 6.08 Å². The first-order chi connectivity index (χ1) is 9.49. The normalized spacial score (nSPS) is 23.2. The average Bonchev–Trinajstić information content (AvgIpc) is 2.64. The molecule has 1 aliphatic carbocycles. The molecule has 110 valence electrons. The van der Waals surface area contributed by atoms with Gasteiger partial charge >= 0.3 is 0 Å². The largest absolute Gasteiger partial charge is 0.350 e. The summed E-state index contributed by atoms with van der Waals surface area (Å²) in [6, 6.07) is 0.331. The van der Waals surface area contributed by atoms with Crippen molar-refractivity contribution in [1.82, 2.24) is 15.1 Å². The van der Waals surface area contributed by atoms with Crippen LogP contribution in [0.5, 0.6) is 0 Å². The van der Waals surface area contributed by atoms with Gasteiger partial charge in [0.25, 0.3) is 0 Å². The fourth-order valence-corrected chi connectivity index (χ4v) is 2.95. The molecule has 0 radical (unpaired) electrons. The third kappa shape index (κ3) is 3.30. The first-order valence-corrected chi connectivity index (χ1v) is 7.48. The Morgan fingerprint density at radius 3 is 2.65 bits per heavy atom. The minimum absolute atomic E-state index is 0.00593. The van der Waals surface area contributed by atoms with E-state index in [-0.39, 0.29) is 5.91 Å². The SMILES string of the molecule is Cc1nn(C)c(C)c1C=CC(=O)NC1CCCCC1C. The summed E-state index contributed by atoms with van der Waals surface area (Å²) in [6.45, 7) is 6.21. The standard InChI is InChI=1S/C16H25N3O/c1-11-7-5-6-8-15(11)17-16(20)10-9-14-12(2)18-19(4)13(14)3/h9-11,15H,5-8H2,1-4H3,(H,17,20). The predicted octanol–water partition coefficient (Wildman–Crippen LogP) is 2.75. The maximum atomic E-state index is 12.0. The van der Waals surface area contributed by atoms with Gasteiger partial charge in [0, 0.05) is 30.4 Å². The van der Waals surface area contributed by atoms with Crippen molar-refractivity contribution in [3.05, 3.63) is 23.0 Å². The smallest absolute Gasteiger partial charge is 0.244 e. The van der Waals surface area contributed by atoms with Crippen LogP contribution >= 0.6 is 0 Å². The first kappa shape index (κ1) is 14.8. The van der Waals surface area contributed by atoms with E-state index in [2.05, 4.69) is 17.3 Å². The maximum Gasteiger partial charge on any atom is 0.244 e. The second kappa shape index (κ2) is 6.25. The summed E-state index contributed by atoms with van der Waals surface area (Å²) in [7, 11) is 1.92. The summed E-state index contributed by atoms with van der Waals surface area (Å²) < 4.78 is 1.84. The van der Waals surface area contributed by atoms with Crippen LogP contribution in [0.1, 0.15) is 49.6 Å². The molecule has 1 saturated carbocycles. The highest BCUT2D eigenvalue weighted by Crippen LogP contribution is 2.23. The Labute approximate surface area is 121 Å². The summed E-state index contributed by atoms with van der Waals surface area (Å²) >= 11 is 0. The van der Waals surface area contributed by atoms with Crippen molar-refractivity contribution >= 4 is 12.0 Å². The number of hydrogen-bond donors (Lipinski definition) is 1. The minimum Gasteiger partial charge on any atom is -0.350 e. The number of aryl methyl sites for hydroxylation is 2. The van der Waals surface area contributed by atoms with Crippen molar-refractivity contribution < 1.29 is 4.79 Å². The number of carbonyl (C=O) groups excluding carboxylic acids is 1. The predicted molar refractivity (Wildman–Crippen MR) is 81.3 cm³/mol. The first-order valence-electron chi connectivity index (χ1n) is 7.48. The van der Waals surface area contributed by atoms with Crippen molar-refractivity contribution in [3.8, 4) is 0 Å². The lowest BCUT2D eigenvalue weighted by atomic mass is 9.86. The monoisotopic (exact) mass is 275 g/mol. The highest BCUT2D eigenvalue weighted by atomic mass is 16.1. The maximum absolute atomic E-state index is 12.0. The molecule has 2 rings (SSSR count). The summed E-state index contributed by atoms with van der Waals surface area (Å²) in [6.07, 6.45) is 8.34. The van der Waals surface area contributed by atoms with Crippen LogP contribution in [0.2, 0.25) is 0 Å². The van der Waals surface area contributed by atoms with Crippen LogP contribution in [0.3, 0.4) is 0 Å². The number of rotatable bonds is 3. The van der Waals surface area contributed by atoms with E-state index in [1.54, 1.807) is 6.08 Å². The van der Waals surface area contributed by atoms with Gasteiger partial charge < -0.3 is 5.32 Å². The van der Waals surface area contributed by atoms with Crippen molar-refractivity contribution in [1.29, 1.82) is 0 Å². The van der Waals surface area contributed by atoms with Gasteiger partial charge in [-0.25, -0.2) is 0 Å². The van der Waals surface area contributed by atoms with E-state index in [0.29, 0.717) is 12.0 Å². The molecule has 1 fully saturated rings. The quantitative estimate of drug-likeness (QED) is 0.862. The Morgan fingerprint density at radius 1 is 1.35 bits per heavy atom. The zero-order valence-electron chi connectivity index (χ0n) is 12.9. The average molecular weight is 275 g/mol. The molecule has 2 unspecified atom stereocenters. The Bertz CT molecular complexity index is 516. The molecule has 0 aliphatic heterocycles. The lowest BCUT2D eigenvalue weighted by Crippen LogP contribution is -2.40. The van der Waals surface area contributed by atoms with Gasteiger partial charge in [-0.05, 0) is 38.7 Å². The number of nitrogens with zero attached hydrogens (tertiary/aromatic N) is 2. The van der Waals surface area contributed by atoms with Gasteiger partial charge in [-0.15, -0.1) is 0 Å². The highest BCUT2D eigenvalue weighted by molar-refractivity contribution is 5.92. The Morgan fingerprint density at radius 2 is 2.05 bits per heavy atom. The van der Waals surface area contributed by atoms with E-state index in [1.165, 1.54) is 19.3 Å². The van der Waals surface area contributed by atoms with E-state index in [4.69, 9.17) is 0 Å². The number of amides is 1. The topological polar surface area (TPSA) is 46.9 Å². The molecule has 20 heavy (non-hydrogen) atoms. The van der Waals surface area contributed by atoms with Crippen LogP contribution in [0.15, 0.2) is 6.08 Å². The van der Waals surface area contributed by atoms with Gasteiger partial charge in [-0.2, -0.15) is 5.10 Å². The van der Waals surface area contributed by atoms with Crippen molar-refractivity contribution in [2.45, 2.75) is 52.5 Å². The molecule has 1 aromatic heterocycles. The van der Waals surface area contributed by atoms with Gasteiger partial charge in [0.1, 0.15) is 0 Å². The zero-order valence-corrected chi connectivity index (χ0v) is 12.9. The number of nitrogens with one attached hydrogen (secondary N) is 1. The molecular weight excluding hydrogens is 250 g/mol. The molecule has 1 aromatic rings. The van der Waals surface area contributed by atoms with Crippen molar-refractivity contribution in [2.24, 2.45) is 13.0 Å². The third-order valence-corrected chi connectivity index (χ3v) is 4.41. The van der Waals surface area contributed by atoms with E-state index in [9.17, 15) is 4.79 Å². The van der Waals surface area contributed by atoms with Crippen molar-refractivity contribution in [2.75, 3.05) is 0 Å².